The number of nitrogens with zero attached hydrogens (tertiary/aromatic N) is 3. The number of piperidine rings is 1. The van der Waals surface area contributed by atoms with E-state index in [-0.39, 0.29) is 12.0 Å². The number of aromatic nitrogens is 2. The van der Waals surface area contributed by atoms with Crippen LogP contribution in [0.25, 0.3) is 0 Å². The number of imidazole rings is 1. The molecule has 1 saturated carbocycles. The molecule has 0 bridgehead atoms. The quantitative estimate of drug-likeness (QED) is 0.821. The Hall–Kier alpha value is -1.13. The molecule has 1 saturated heterocycles. The summed E-state index contributed by atoms with van der Waals surface area (Å²) >= 11 is 0. The van der Waals surface area contributed by atoms with E-state index in [9.17, 15) is 5.11 Å². The number of hydrogen-bond donors (Lipinski definition) is 1. The van der Waals surface area contributed by atoms with Crippen molar-refractivity contribution in [1.29, 1.82) is 0 Å². The Kier molecular flexibility index (Phi) is 4.69. The molecular weight excluding hydrogens is 274 g/mol. The van der Waals surface area contributed by atoms with E-state index in [0.29, 0.717) is 6.04 Å². The Morgan fingerprint density at radius 3 is 2.95 bits per heavy atom. The van der Waals surface area contributed by atoms with Crippen molar-refractivity contribution in [2.75, 3.05) is 19.7 Å². The van der Waals surface area contributed by atoms with E-state index < -0.39 is 0 Å². The van der Waals surface area contributed by atoms with E-state index in [1.807, 2.05) is 6.20 Å². The number of likely N-dealkylation sites (tertiary alicyclic amines) is 1. The lowest BCUT2D eigenvalue weighted by Gasteiger charge is -2.41. The first-order chi connectivity index (χ1) is 10.6. The average Bonchev–Trinajstić information content (AvgIpc) is 3.26. The van der Waals surface area contributed by atoms with Crippen molar-refractivity contribution in [2.24, 2.45) is 5.41 Å². The second-order valence-electron chi connectivity index (χ2n) is 7.44. The summed E-state index contributed by atoms with van der Waals surface area (Å²) in [5, 5.41) is 9.97. The van der Waals surface area contributed by atoms with Crippen molar-refractivity contribution in [3.05, 3.63) is 29.9 Å². The Morgan fingerprint density at radius 2 is 2.27 bits per heavy atom. The van der Waals surface area contributed by atoms with Gasteiger partial charge < -0.3 is 9.67 Å². The number of rotatable bonds is 6. The lowest BCUT2D eigenvalue weighted by Crippen LogP contribution is -2.45. The summed E-state index contributed by atoms with van der Waals surface area (Å²) in [5.74, 6) is 1.19. The van der Waals surface area contributed by atoms with Gasteiger partial charge in [0, 0.05) is 30.4 Å². The summed E-state index contributed by atoms with van der Waals surface area (Å²) in [5.41, 5.74) is 1.38. The van der Waals surface area contributed by atoms with Crippen LogP contribution in [0, 0.1) is 5.41 Å². The molecule has 122 valence electrons. The molecule has 0 aromatic carbocycles. The van der Waals surface area contributed by atoms with Crippen molar-refractivity contribution >= 4 is 0 Å². The summed E-state index contributed by atoms with van der Waals surface area (Å²) in [6, 6.07) is 0.690. The Bertz CT molecular complexity index is 528. The molecule has 22 heavy (non-hydrogen) atoms. The van der Waals surface area contributed by atoms with Gasteiger partial charge in [-0.3, -0.25) is 4.90 Å². The first-order valence-corrected chi connectivity index (χ1v) is 8.60. The van der Waals surface area contributed by atoms with E-state index in [0.717, 1.165) is 32.5 Å². The van der Waals surface area contributed by atoms with Crippen LogP contribution in [0.3, 0.4) is 0 Å². The maximum Gasteiger partial charge on any atom is 0.123 e. The van der Waals surface area contributed by atoms with E-state index in [4.69, 9.17) is 0 Å². The molecule has 3 rings (SSSR count). The van der Waals surface area contributed by atoms with Crippen molar-refractivity contribution in [1.82, 2.24) is 14.5 Å². The van der Waals surface area contributed by atoms with Gasteiger partial charge in [0.15, 0.2) is 0 Å². The first-order valence-electron chi connectivity index (χ1n) is 8.60. The van der Waals surface area contributed by atoms with Crippen LogP contribution in [0.15, 0.2) is 24.0 Å². The summed E-state index contributed by atoms with van der Waals surface area (Å²) in [6.07, 6.45) is 12.2. The normalized spacial score (nSPS) is 26.1. The third-order valence-electron chi connectivity index (χ3n) is 5.07. The highest BCUT2D eigenvalue weighted by molar-refractivity contribution is 5.02. The molecule has 1 atom stereocenters. The molecular formula is C18H29N3O. The van der Waals surface area contributed by atoms with Gasteiger partial charge in [0.25, 0.3) is 0 Å². The Labute approximate surface area is 133 Å². The molecule has 2 aliphatic rings. The maximum atomic E-state index is 9.97. The second kappa shape index (κ2) is 6.55. The molecule has 1 aromatic heterocycles. The van der Waals surface area contributed by atoms with Gasteiger partial charge in [-0.15, -0.1) is 0 Å². The molecule has 1 aliphatic heterocycles. The minimum Gasteiger partial charge on any atom is -0.396 e. The van der Waals surface area contributed by atoms with Gasteiger partial charge >= 0.3 is 0 Å². The van der Waals surface area contributed by atoms with Crippen molar-refractivity contribution < 1.29 is 5.11 Å². The second-order valence-corrected chi connectivity index (χ2v) is 7.44. The fourth-order valence-electron chi connectivity index (χ4n) is 3.58. The van der Waals surface area contributed by atoms with E-state index >= 15 is 0 Å². The van der Waals surface area contributed by atoms with Crippen LogP contribution in [0.5, 0.6) is 0 Å². The Balaban J connectivity index is 1.66. The zero-order valence-electron chi connectivity index (χ0n) is 14.0. The van der Waals surface area contributed by atoms with Crippen LogP contribution >= 0.6 is 0 Å². The zero-order chi connectivity index (χ0) is 15.6. The highest BCUT2D eigenvalue weighted by atomic mass is 16.3. The van der Waals surface area contributed by atoms with E-state index in [1.54, 1.807) is 0 Å². The SMILES string of the molecule is CC(C)=CCC1(CO)CCCN(Cc2nccn2C2CC2)C1. The molecule has 2 fully saturated rings. The standard InChI is InChI=1S/C18H29N3O/c1-15(2)6-8-18(14-22)7-3-10-20(13-18)12-17-19-9-11-21(17)16-4-5-16/h6,9,11,16,22H,3-5,7-8,10,12-14H2,1-2H3. The summed E-state index contributed by atoms with van der Waals surface area (Å²) < 4.78 is 2.35. The van der Waals surface area contributed by atoms with Gasteiger partial charge in [0.1, 0.15) is 5.82 Å². The monoisotopic (exact) mass is 303 g/mol. The predicted molar refractivity (Wildman–Crippen MR) is 88.6 cm³/mol. The third kappa shape index (κ3) is 3.61. The number of aliphatic hydroxyl groups is 1. The van der Waals surface area contributed by atoms with Gasteiger partial charge in [0.2, 0.25) is 0 Å². The fraction of sp³-hybridized carbons (Fsp3) is 0.722. The van der Waals surface area contributed by atoms with Crippen LogP contribution in [0.4, 0.5) is 0 Å². The fourth-order valence-corrected chi connectivity index (χ4v) is 3.58. The van der Waals surface area contributed by atoms with Crippen LogP contribution in [-0.4, -0.2) is 39.3 Å². The molecule has 1 N–H and O–H groups in total. The number of allylic oxidation sites excluding steroid dienone is 2. The van der Waals surface area contributed by atoms with Gasteiger partial charge in [-0.1, -0.05) is 11.6 Å². The molecule has 1 aliphatic carbocycles. The lowest BCUT2D eigenvalue weighted by molar-refractivity contribution is 0.0292. The zero-order valence-corrected chi connectivity index (χ0v) is 14.0. The van der Waals surface area contributed by atoms with Gasteiger partial charge in [-0.25, -0.2) is 4.98 Å². The van der Waals surface area contributed by atoms with Crippen LogP contribution < -0.4 is 0 Å². The lowest BCUT2D eigenvalue weighted by atomic mass is 9.77. The average molecular weight is 303 g/mol. The van der Waals surface area contributed by atoms with Gasteiger partial charge in [-0.05, 0) is 52.5 Å². The maximum absolute atomic E-state index is 9.97. The van der Waals surface area contributed by atoms with Crippen molar-refractivity contribution in [3.8, 4) is 0 Å². The molecule has 0 spiro atoms. The van der Waals surface area contributed by atoms with Crippen LogP contribution in [0.1, 0.15) is 57.8 Å². The van der Waals surface area contributed by atoms with Crippen molar-refractivity contribution in [2.45, 2.75) is 58.5 Å². The minimum atomic E-state index is 0.0342. The summed E-state index contributed by atoms with van der Waals surface area (Å²) in [4.78, 5) is 7.05. The van der Waals surface area contributed by atoms with Crippen molar-refractivity contribution in [3.63, 3.8) is 0 Å². The number of hydrogen-bond acceptors (Lipinski definition) is 3. The molecule has 4 heteroatoms. The molecule has 1 aromatic rings. The third-order valence-corrected chi connectivity index (χ3v) is 5.07. The molecule has 4 nitrogen and oxygen atoms in total. The molecule has 0 amide bonds. The van der Waals surface area contributed by atoms with Crippen LogP contribution in [0.2, 0.25) is 0 Å². The molecule has 0 radical (unpaired) electrons. The Morgan fingerprint density at radius 1 is 1.45 bits per heavy atom. The highest BCUT2D eigenvalue weighted by Gasteiger charge is 2.35. The summed E-state index contributed by atoms with van der Waals surface area (Å²) in [7, 11) is 0. The first kappa shape index (κ1) is 15.8. The number of aliphatic hydroxyl groups excluding tert-OH is 1. The smallest absolute Gasteiger partial charge is 0.123 e. The summed E-state index contributed by atoms with van der Waals surface area (Å²) in [6.45, 7) is 7.57. The van der Waals surface area contributed by atoms with E-state index in [2.05, 4.69) is 40.6 Å². The van der Waals surface area contributed by atoms with Crippen LogP contribution in [-0.2, 0) is 6.54 Å². The van der Waals surface area contributed by atoms with Gasteiger partial charge in [0.05, 0.1) is 13.2 Å². The molecule has 2 heterocycles. The minimum absolute atomic E-state index is 0.0342. The largest absolute Gasteiger partial charge is 0.396 e. The predicted octanol–water partition coefficient (Wildman–Crippen LogP) is 3.15. The molecule has 1 unspecified atom stereocenters. The topological polar surface area (TPSA) is 41.3 Å². The van der Waals surface area contributed by atoms with E-state index in [1.165, 1.54) is 30.7 Å². The van der Waals surface area contributed by atoms with Gasteiger partial charge in [-0.2, -0.15) is 0 Å². The highest BCUT2D eigenvalue weighted by Crippen LogP contribution is 2.37.